The van der Waals surface area contributed by atoms with Gasteiger partial charge >= 0.3 is 0 Å². The molecule has 0 bridgehead atoms. The number of nitrogens with one attached hydrogen (secondary N) is 3. The number of sulfonamides is 1. The maximum Gasteiger partial charge on any atom is 0.266 e. The average molecular weight is 984 g/mol. The van der Waals surface area contributed by atoms with Gasteiger partial charge in [-0.1, -0.05) is 42.0 Å². The number of aliphatic hydroxyl groups excluding tert-OH is 1. The van der Waals surface area contributed by atoms with Crippen LogP contribution in [0.25, 0.3) is 11.1 Å². The van der Waals surface area contributed by atoms with Gasteiger partial charge in [0.1, 0.15) is 25.0 Å². The smallest absolute Gasteiger partial charge is 0.266 e. The molecule has 4 aromatic carbocycles. The molecule has 20 heteroatoms. The van der Waals surface area contributed by atoms with Gasteiger partial charge in [0, 0.05) is 30.3 Å². The van der Waals surface area contributed by atoms with Gasteiger partial charge in [0.15, 0.2) is 0 Å². The monoisotopic (exact) mass is 983 g/mol. The first-order valence-corrected chi connectivity index (χ1v) is 24.7. The standard InChI is InChI=1S/C50H57N5O14S/c1-32-8-11-36(12-9-32)70(62,63)54-17-16-37-41(30-56)52-40-13-10-34(29-39(40)47(37)54)33-4-2-5-35(28-33)51-45(58)31-68-25-24-66-21-20-64-18-19-65-22-23-67-26-27-69-43-7-3-6-38-46(43)50(61)55(49(38)60)42-14-15-44(57)53-48(42)59/h2-13,28-29,37,41-42,47,52,56H,14-27,30-31H2,1H3,(H,51,58)(H,53,57,59)/t37-,41+,42?,47-/m1/s1. The Morgan fingerprint density at radius 1 is 0.757 bits per heavy atom. The molecule has 4 heterocycles. The molecule has 1 unspecified atom stereocenters. The summed E-state index contributed by atoms with van der Waals surface area (Å²) in [7, 11) is -3.81. The Kier molecular flexibility index (Phi) is 16.7. The predicted molar refractivity (Wildman–Crippen MR) is 254 cm³/mol. The van der Waals surface area contributed by atoms with Gasteiger partial charge in [-0.05, 0) is 85.0 Å². The number of anilines is 2. The molecule has 8 rings (SSSR count). The van der Waals surface area contributed by atoms with E-state index in [1.54, 1.807) is 46.8 Å². The van der Waals surface area contributed by atoms with E-state index in [4.69, 9.17) is 28.4 Å². The number of fused-ring (bicyclic) bond motifs is 4. The number of ether oxygens (including phenoxy) is 6. The Morgan fingerprint density at radius 3 is 2.10 bits per heavy atom. The first kappa shape index (κ1) is 50.3. The maximum absolute atomic E-state index is 14.0. The second kappa shape index (κ2) is 23.2. The lowest BCUT2D eigenvalue weighted by Crippen LogP contribution is -2.54. The third kappa shape index (κ3) is 11.6. The number of carbonyl (C=O) groups excluding carboxylic acids is 5. The number of piperidine rings is 1. The molecule has 0 aromatic heterocycles. The highest BCUT2D eigenvalue weighted by atomic mass is 32.2. The van der Waals surface area contributed by atoms with Gasteiger partial charge in [-0.15, -0.1) is 0 Å². The molecule has 70 heavy (non-hydrogen) atoms. The van der Waals surface area contributed by atoms with Gasteiger partial charge in [-0.25, -0.2) is 8.42 Å². The number of nitrogens with zero attached hydrogens (tertiary/aromatic N) is 2. The van der Waals surface area contributed by atoms with E-state index in [9.17, 15) is 37.5 Å². The Balaban J connectivity index is 0.675. The molecule has 0 radical (unpaired) electrons. The molecule has 372 valence electrons. The number of hydrogen-bond acceptors (Lipinski definition) is 15. The highest BCUT2D eigenvalue weighted by Crippen LogP contribution is 2.49. The summed E-state index contributed by atoms with van der Waals surface area (Å²) in [6.45, 7) is 4.69. The van der Waals surface area contributed by atoms with Crippen molar-refractivity contribution in [2.45, 2.75) is 49.2 Å². The van der Waals surface area contributed by atoms with Crippen molar-refractivity contribution >= 4 is 50.9 Å². The van der Waals surface area contributed by atoms with Crippen molar-refractivity contribution < 1.29 is 65.9 Å². The Hall–Kier alpha value is -6.10. The van der Waals surface area contributed by atoms with Crippen molar-refractivity contribution in [1.82, 2.24) is 14.5 Å². The number of aryl methyl sites for hydroxylation is 1. The Bertz CT molecular complexity index is 2670. The minimum Gasteiger partial charge on any atom is -0.490 e. The van der Waals surface area contributed by atoms with E-state index < -0.39 is 45.7 Å². The van der Waals surface area contributed by atoms with Crippen molar-refractivity contribution in [3.8, 4) is 16.9 Å². The summed E-state index contributed by atoms with van der Waals surface area (Å²) in [5.74, 6) is -2.61. The quantitative estimate of drug-likeness (QED) is 0.0579. The highest BCUT2D eigenvalue weighted by molar-refractivity contribution is 7.89. The van der Waals surface area contributed by atoms with Crippen molar-refractivity contribution in [3.05, 3.63) is 107 Å². The average Bonchev–Trinajstić information content (AvgIpc) is 3.92. The number of amides is 5. The van der Waals surface area contributed by atoms with Gasteiger partial charge < -0.3 is 44.2 Å². The number of benzene rings is 4. The van der Waals surface area contributed by atoms with Crippen LogP contribution >= 0.6 is 0 Å². The molecular formula is C50H57N5O14S. The first-order chi connectivity index (χ1) is 33.9. The minimum atomic E-state index is -3.81. The van der Waals surface area contributed by atoms with E-state index in [-0.39, 0.29) is 92.1 Å². The van der Waals surface area contributed by atoms with E-state index in [1.807, 2.05) is 43.3 Å². The zero-order chi connectivity index (χ0) is 49.2. The van der Waals surface area contributed by atoms with Crippen LogP contribution in [0.1, 0.15) is 57.1 Å². The molecule has 2 saturated heterocycles. The van der Waals surface area contributed by atoms with Gasteiger partial charge in [0.05, 0.1) is 94.2 Å². The molecule has 4 aliphatic rings. The number of hydrogen-bond donors (Lipinski definition) is 4. The van der Waals surface area contributed by atoms with Crippen LogP contribution in [0, 0.1) is 12.8 Å². The summed E-state index contributed by atoms with van der Waals surface area (Å²) in [6.07, 6.45) is 0.706. The van der Waals surface area contributed by atoms with Crippen LogP contribution in [0.2, 0.25) is 0 Å². The molecule has 4 aliphatic heterocycles. The molecule has 0 aliphatic carbocycles. The van der Waals surface area contributed by atoms with Gasteiger partial charge in [0.25, 0.3) is 11.8 Å². The molecular weight excluding hydrogens is 927 g/mol. The maximum atomic E-state index is 14.0. The topological polar surface area (TPSA) is 238 Å². The molecule has 4 atom stereocenters. The normalized spacial score (nSPS) is 19.9. The second-order valence-corrected chi connectivity index (χ2v) is 19.1. The number of carbonyl (C=O) groups is 5. The van der Waals surface area contributed by atoms with Crippen LogP contribution in [-0.2, 0) is 48.1 Å². The number of imide groups is 2. The van der Waals surface area contributed by atoms with Crippen LogP contribution in [0.4, 0.5) is 11.4 Å². The van der Waals surface area contributed by atoms with Crippen molar-refractivity contribution in [1.29, 1.82) is 0 Å². The fourth-order valence-electron chi connectivity index (χ4n) is 9.15. The molecule has 4 aromatic rings. The number of aliphatic hydroxyl groups is 1. The number of rotatable bonds is 24. The fraction of sp³-hybridized carbons (Fsp3) is 0.420. The van der Waals surface area contributed by atoms with Gasteiger partial charge in [-0.2, -0.15) is 4.31 Å². The van der Waals surface area contributed by atoms with E-state index in [1.165, 1.54) is 6.07 Å². The molecule has 5 amide bonds. The zero-order valence-electron chi connectivity index (χ0n) is 38.8. The SMILES string of the molecule is Cc1ccc(S(=O)(=O)N2CC[C@@H]3[C@H](CO)Nc4ccc(-c5cccc(NC(=O)COCCOCCOCCOCCOCCOc6cccc7c6C(=O)N(C6CCC(=O)NC6=O)C7=O)c5)cc4[C@@H]32)cc1. The van der Waals surface area contributed by atoms with E-state index >= 15 is 0 Å². The second-order valence-electron chi connectivity index (χ2n) is 17.2. The molecule has 2 fully saturated rings. The van der Waals surface area contributed by atoms with Crippen LogP contribution < -0.4 is 20.7 Å². The van der Waals surface area contributed by atoms with Gasteiger partial charge in [-0.3, -0.25) is 34.2 Å². The summed E-state index contributed by atoms with van der Waals surface area (Å²) in [6, 6.07) is 23.0. The summed E-state index contributed by atoms with van der Waals surface area (Å²) in [5.41, 5.74) is 5.07. The third-order valence-corrected chi connectivity index (χ3v) is 14.5. The van der Waals surface area contributed by atoms with Crippen molar-refractivity contribution in [2.24, 2.45) is 5.92 Å². The van der Waals surface area contributed by atoms with Crippen LogP contribution in [0.5, 0.6) is 5.75 Å². The fourth-order valence-corrected chi connectivity index (χ4v) is 10.8. The lowest BCUT2D eigenvalue weighted by molar-refractivity contribution is -0.136. The highest BCUT2D eigenvalue weighted by Gasteiger charge is 2.49. The molecule has 0 spiro atoms. The lowest BCUT2D eigenvalue weighted by atomic mass is 9.82. The summed E-state index contributed by atoms with van der Waals surface area (Å²) in [5, 5.41) is 18.8. The minimum absolute atomic E-state index is 0.0330. The van der Waals surface area contributed by atoms with Crippen LogP contribution in [0.3, 0.4) is 0 Å². The predicted octanol–water partition coefficient (Wildman–Crippen LogP) is 3.70. The van der Waals surface area contributed by atoms with E-state index in [0.29, 0.717) is 58.3 Å². The third-order valence-electron chi connectivity index (χ3n) is 12.6. The van der Waals surface area contributed by atoms with Gasteiger partial charge in [0.2, 0.25) is 27.7 Å². The Labute approximate surface area is 405 Å². The van der Waals surface area contributed by atoms with Crippen LogP contribution in [0.15, 0.2) is 89.8 Å². The zero-order valence-corrected chi connectivity index (χ0v) is 39.6. The Morgan fingerprint density at radius 2 is 1.41 bits per heavy atom. The largest absolute Gasteiger partial charge is 0.490 e. The van der Waals surface area contributed by atoms with E-state index in [2.05, 4.69) is 16.0 Å². The van der Waals surface area contributed by atoms with Crippen molar-refractivity contribution in [2.75, 3.05) is 96.5 Å². The summed E-state index contributed by atoms with van der Waals surface area (Å²) >= 11 is 0. The van der Waals surface area contributed by atoms with Crippen LogP contribution in [-0.4, -0.2) is 150 Å². The molecule has 4 N–H and O–H groups in total. The van der Waals surface area contributed by atoms with E-state index in [0.717, 1.165) is 32.8 Å². The molecule has 19 nitrogen and oxygen atoms in total. The summed E-state index contributed by atoms with van der Waals surface area (Å²) < 4.78 is 63.0. The first-order valence-electron chi connectivity index (χ1n) is 23.3. The lowest BCUT2D eigenvalue weighted by Gasteiger charge is -2.39. The summed E-state index contributed by atoms with van der Waals surface area (Å²) in [4.78, 5) is 64.0. The molecule has 0 saturated carbocycles. The van der Waals surface area contributed by atoms with Crippen molar-refractivity contribution in [3.63, 3.8) is 0 Å².